The number of carbonyl (C=O) groups excluding carboxylic acids is 2. The number of alkyl halides is 3. The lowest BCUT2D eigenvalue weighted by Gasteiger charge is -2.27. The van der Waals surface area contributed by atoms with Gasteiger partial charge in [0.25, 0.3) is 0 Å². The van der Waals surface area contributed by atoms with Gasteiger partial charge in [-0.1, -0.05) is 12.8 Å². The maximum Gasteiger partial charge on any atom is 0.411 e. The lowest BCUT2D eigenvalue weighted by atomic mass is 10.2. The summed E-state index contributed by atoms with van der Waals surface area (Å²) in [6, 6.07) is -0.129. The van der Waals surface area contributed by atoms with Crippen molar-refractivity contribution >= 4 is 11.9 Å². The SMILES string of the molecule is COC(=O)CN(C(=O)COCC(F)(F)F)C1CCCC1. The Morgan fingerprint density at radius 1 is 1.25 bits per heavy atom. The predicted octanol–water partition coefficient (Wildman–Crippen LogP) is 1.51. The van der Waals surface area contributed by atoms with Gasteiger partial charge in [-0.05, 0) is 12.8 Å². The minimum Gasteiger partial charge on any atom is -0.468 e. The fourth-order valence-corrected chi connectivity index (χ4v) is 2.18. The van der Waals surface area contributed by atoms with Crippen molar-refractivity contribution in [1.29, 1.82) is 0 Å². The Labute approximate surface area is 115 Å². The molecule has 0 aromatic carbocycles. The molecule has 1 fully saturated rings. The smallest absolute Gasteiger partial charge is 0.411 e. The molecule has 0 heterocycles. The van der Waals surface area contributed by atoms with Crippen molar-refractivity contribution in [2.45, 2.75) is 37.9 Å². The van der Waals surface area contributed by atoms with Gasteiger partial charge in [0.1, 0.15) is 19.8 Å². The molecule has 1 saturated carbocycles. The molecule has 0 aromatic heterocycles. The highest BCUT2D eigenvalue weighted by molar-refractivity contribution is 5.83. The number of nitrogens with zero attached hydrogens (tertiary/aromatic N) is 1. The van der Waals surface area contributed by atoms with E-state index in [9.17, 15) is 22.8 Å². The second-order valence-corrected chi connectivity index (χ2v) is 4.64. The van der Waals surface area contributed by atoms with Gasteiger partial charge < -0.3 is 14.4 Å². The molecule has 20 heavy (non-hydrogen) atoms. The summed E-state index contributed by atoms with van der Waals surface area (Å²) >= 11 is 0. The van der Waals surface area contributed by atoms with E-state index in [-0.39, 0.29) is 12.6 Å². The van der Waals surface area contributed by atoms with Crippen LogP contribution in [-0.4, -0.2) is 55.9 Å². The number of rotatable bonds is 6. The molecule has 0 unspecified atom stereocenters. The van der Waals surface area contributed by atoms with Crippen LogP contribution >= 0.6 is 0 Å². The molecule has 8 heteroatoms. The summed E-state index contributed by atoms with van der Waals surface area (Å²) in [4.78, 5) is 24.4. The first-order valence-corrected chi connectivity index (χ1v) is 6.34. The third kappa shape index (κ3) is 5.77. The fourth-order valence-electron chi connectivity index (χ4n) is 2.18. The normalized spacial score (nSPS) is 16.2. The Bertz CT molecular complexity index is 340. The molecule has 0 spiro atoms. The van der Waals surface area contributed by atoms with Crippen LogP contribution in [0, 0.1) is 0 Å². The molecule has 0 aliphatic heterocycles. The molecule has 116 valence electrons. The second kappa shape index (κ2) is 7.47. The average molecular weight is 297 g/mol. The van der Waals surface area contributed by atoms with Crippen LogP contribution in [0.3, 0.4) is 0 Å². The Morgan fingerprint density at radius 3 is 2.35 bits per heavy atom. The summed E-state index contributed by atoms with van der Waals surface area (Å²) in [5, 5.41) is 0. The molecule has 1 rings (SSSR count). The predicted molar refractivity (Wildman–Crippen MR) is 62.9 cm³/mol. The summed E-state index contributed by atoms with van der Waals surface area (Å²) < 4.78 is 44.7. The molecule has 1 aliphatic rings. The van der Waals surface area contributed by atoms with E-state index in [0.717, 1.165) is 25.7 Å². The fraction of sp³-hybridized carbons (Fsp3) is 0.833. The molecule has 0 radical (unpaired) electrons. The molecule has 0 N–H and O–H groups in total. The highest BCUT2D eigenvalue weighted by atomic mass is 19.4. The quantitative estimate of drug-likeness (QED) is 0.697. The number of amides is 1. The number of methoxy groups -OCH3 is 1. The van der Waals surface area contributed by atoms with Crippen molar-refractivity contribution in [2.24, 2.45) is 0 Å². The highest BCUT2D eigenvalue weighted by Crippen LogP contribution is 2.23. The first-order valence-electron chi connectivity index (χ1n) is 6.34. The largest absolute Gasteiger partial charge is 0.468 e. The van der Waals surface area contributed by atoms with Crippen LogP contribution in [-0.2, 0) is 19.1 Å². The lowest BCUT2D eigenvalue weighted by molar-refractivity contribution is -0.179. The van der Waals surface area contributed by atoms with E-state index in [1.807, 2.05) is 0 Å². The maximum atomic E-state index is 11.9. The van der Waals surface area contributed by atoms with Gasteiger partial charge in [-0.25, -0.2) is 0 Å². The van der Waals surface area contributed by atoms with Crippen molar-refractivity contribution in [1.82, 2.24) is 4.90 Å². The Morgan fingerprint density at radius 2 is 1.85 bits per heavy atom. The van der Waals surface area contributed by atoms with Crippen molar-refractivity contribution in [3.63, 3.8) is 0 Å². The van der Waals surface area contributed by atoms with Gasteiger partial charge in [-0.3, -0.25) is 9.59 Å². The summed E-state index contributed by atoms with van der Waals surface area (Å²) in [5.74, 6) is -1.22. The van der Waals surface area contributed by atoms with Gasteiger partial charge in [0.15, 0.2) is 0 Å². The van der Waals surface area contributed by atoms with E-state index in [0.29, 0.717) is 0 Å². The number of carbonyl (C=O) groups is 2. The van der Waals surface area contributed by atoms with Crippen molar-refractivity contribution < 1.29 is 32.2 Å². The summed E-state index contributed by atoms with van der Waals surface area (Å²) in [5.41, 5.74) is 0. The second-order valence-electron chi connectivity index (χ2n) is 4.64. The van der Waals surface area contributed by atoms with Crippen LogP contribution in [0.4, 0.5) is 13.2 Å². The molecular formula is C12H18F3NO4. The number of ether oxygens (including phenoxy) is 2. The maximum absolute atomic E-state index is 11.9. The first-order chi connectivity index (χ1) is 9.33. The summed E-state index contributed by atoms with van der Waals surface area (Å²) in [7, 11) is 1.19. The third-order valence-electron chi connectivity index (χ3n) is 3.10. The van der Waals surface area contributed by atoms with Gasteiger partial charge >= 0.3 is 12.1 Å². The van der Waals surface area contributed by atoms with Crippen LogP contribution in [0.5, 0.6) is 0 Å². The van der Waals surface area contributed by atoms with Gasteiger partial charge in [0, 0.05) is 6.04 Å². The van der Waals surface area contributed by atoms with Crippen LogP contribution in [0.1, 0.15) is 25.7 Å². The van der Waals surface area contributed by atoms with Crippen LogP contribution in [0.2, 0.25) is 0 Å². The molecule has 5 nitrogen and oxygen atoms in total. The van der Waals surface area contributed by atoms with Crippen molar-refractivity contribution in [3.05, 3.63) is 0 Å². The van der Waals surface area contributed by atoms with E-state index < -0.39 is 31.3 Å². The lowest BCUT2D eigenvalue weighted by Crippen LogP contribution is -2.44. The summed E-state index contributed by atoms with van der Waals surface area (Å²) in [6.07, 6.45) is -1.14. The van der Waals surface area contributed by atoms with E-state index in [1.54, 1.807) is 0 Å². The third-order valence-corrected chi connectivity index (χ3v) is 3.10. The highest BCUT2D eigenvalue weighted by Gasteiger charge is 2.31. The monoisotopic (exact) mass is 297 g/mol. The molecule has 1 aliphatic carbocycles. The van der Waals surface area contributed by atoms with E-state index in [1.165, 1.54) is 12.0 Å². The van der Waals surface area contributed by atoms with Crippen LogP contribution < -0.4 is 0 Å². The molecule has 0 saturated heterocycles. The summed E-state index contributed by atoms with van der Waals surface area (Å²) in [6.45, 7) is -2.42. The van der Waals surface area contributed by atoms with Gasteiger partial charge in [0.05, 0.1) is 7.11 Å². The van der Waals surface area contributed by atoms with Crippen molar-refractivity contribution in [3.8, 4) is 0 Å². The Hall–Kier alpha value is -1.31. The molecule has 1 amide bonds. The molecule has 0 bridgehead atoms. The average Bonchev–Trinajstić information content (AvgIpc) is 2.87. The first kappa shape index (κ1) is 16.7. The van der Waals surface area contributed by atoms with Gasteiger partial charge in [-0.2, -0.15) is 13.2 Å². The van der Waals surface area contributed by atoms with Crippen molar-refractivity contribution in [2.75, 3.05) is 26.9 Å². The number of hydrogen-bond acceptors (Lipinski definition) is 4. The van der Waals surface area contributed by atoms with E-state index >= 15 is 0 Å². The standard InChI is InChI=1S/C12H18F3NO4/c1-19-11(18)6-16(9-4-2-3-5-9)10(17)7-20-8-12(13,14)15/h9H,2-8H2,1H3. The Balaban J connectivity index is 2.52. The van der Waals surface area contributed by atoms with Crippen LogP contribution in [0.25, 0.3) is 0 Å². The van der Waals surface area contributed by atoms with Gasteiger partial charge in [-0.15, -0.1) is 0 Å². The zero-order chi connectivity index (χ0) is 15.2. The number of esters is 1. The van der Waals surface area contributed by atoms with E-state index in [2.05, 4.69) is 9.47 Å². The minimum absolute atomic E-state index is 0.129. The Kier molecular flexibility index (Phi) is 6.25. The van der Waals surface area contributed by atoms with Gasteiger partial charge in [0.2, 0.25) is 5.91 Å². The number of halogens is 3. The van der Waals surface area contributed by atoms with E-state index in [4.69, 9.17) is 0 Å². The molecular weight excluding hydrogens is 279 g/mol. The zero-order valence-corrected chi connectivity index (χ0v) is 11.2. The zero-order valence-electron chi connectivity index (χ0n) is 11.2. The van der Waals surface area contributed by atoms with Crippen LogP contribution in [0.15, 0.2) is 0 Å². The minimum atomic E-state index is -4.47. The molecule has 0 aromatic rings. The topological polar surface area (TPSA) is 55.8 Å². The number of hydrogen-bond donors (Lipinski definition) is 0. The molecule has 0 atom stereocenters.